The fourth-order valence-corrected chi connectivity index (χ4v) is 1.75. The van der Waals surface area contributed by atoms with Crippen LogP contribution in [0.25, 0.3) is 5.69 Å². The summed E-state index contributed by atoms with van der Waals surface area (Å²) in [5.74, 6) is 0. The van der Waals surface area contributed by atoms with E-state index in [2.05, 4.69) is 42.3 Å². The number of ether oxygens (including phenoxy) is 1. The Hall–Kier alpha value is -1.81. The van der Waals surface area contributed by atoms with E-state index in [1.807, 2.05) is 16.8 Å². The molecule has 2 atom stereocenters. The lowest BCUT2D eigenvalue weighted by Crippen LogP contribution is -2.29. The van der Waals surface area contributed by atoms with Gasteiger partial charge in [-0.25, -0.2) is 4.98 Å². The van der Waals surface area contributed by atoms with Crippen LogP contribution in [0.3, 0.4) is 0 Å². The SMILES string of the molecule is COC(C)C(C)Nc1cccc(-n2ccnc2)c1. The van der Waals surface area contributed by atoms with Crippen molar-refractivity contribution in [1.29, 1.82) is 0 Å². The highest BCUT2D eigenvalue weighted by atomic mass is 16.5. The van der Waals surface area contributed by atoms with Gasteiger partial charge in [-0.05, 0) is 32.0 Å². The average molecular weight is 245 g/mol. The summed E-state index contributed by atoms with van der Waals surface area (Å²) >= 11 is 0. The topological polar surface area (TPSA) is 39.1 Å². The van der Waals surface area contributed by atoms with Crippen molar-refractivity contribution in [2.24, 2.45) is 0 Å². The Balaban J connectivity index is 2.13. The quantitative estimate of drug-likeness (QED) is 0.880. The van der Waals surface area contributed by atoms with Crippen molar-refractivity contribution in [1.82, 2.24) is 9.55 Å². The molecular formula is C14H19N3O. The number of rotatable bonds is 5. The normalized spacial score (nSPS) is 14.2. The maximum atomic E-state index is 5.31. The number of hydrogen-bond donors (Lipinski definition) is 1. The molecule has 1 aromatic heterocycles. The van der Waals surface area contributed by atoms with Gasteiger partial charge in [0.2, 0.25) is 0 Å². The Bertz CT molecular complexity index is 482. The van der Waals surface area contributed by atoms with Crippen LogP contribution in [0, 0.1) is 0 Å². The van der Waals surface area contributed by atoms with Gasteiger partial charge in [-0.3, -0.25) is 0 Å². The molecule has 1 aromatic carbocycles. The predicted molar refractivity (Wildman–Crippen MR) is 73.1 cm³/mol. The van der Waals surface area contributed by atoms with Crippen LogP contribution in [-0.2, 0) is 4.74 Å². The summed E-state index contributed by atoms with van der Waals surface area (Å²) in [5.41, 5.74) is 2.17. The zero-order chi connectivity index (χ0) is 13.0. The van der Waals surface area contributed by atoms with Crippen LogP contribution in [0.5, 0.6) is 0 Å². The molecule has 2 unspecified atom stereocenters. The Morgan fingerprint density at radius 1 is 1.33 bits per heavy atom. The van der Waals surface area contributed by atoms with Gasteiger partial charge in [0, 0.05) is 36.9 Å². The number of hydrogen-bond acceptors (Lipinski definition) is 3. The third-order valence-corrected chi connectivity index (χ3v) is 3.12. The molecule has 0 bridgehead atoms. The van der Waals surface area contributed by atoms with E-state index in [1.165, 1.54) is 0 Å². The van der Waals surface area contributed by atoms with E-state index in [0.29, 0.717) is 0 Å². The van der Waals surface area contributed by atoms with Gasteiger partial charge >= 0.3 is 0 Å². The monoisotopic (exact) mass is 245 g/mol. The average Bonchev–Trinajstić information content (AvgIpc) is 2.92. The fourth-order valence-electron chi connectivity index (χ4n) is 1.75. The van der Waals surface area contributed by atoms with E-state index < -0.39 is 0 Å². The van der Waals surface area contributed by atoms with Crippen LogP contribution >= 0.6 is 0 Å². The van der Waals surface area contributed by atoms with E-state index in [9.17, 15) is 0 Å². The predicted octanol–water partition coefficient (Wildman–Crippen LogP) is 2.71. The van der Waals surface area contributed by atoms with Gasteiger partial charge in [-0.1, -0.05) is 6.07 Å². The van der Waals surface area contributed by atoms with Crippen LogP contribution in [0.4, 0.5) is 5.69 Å². The van der Waals surface area contributed by atoms with Crippen LogP contribution in [0.2, 0.25) is 0 Å². The first-order chi connectivity index (χ1) is 8.70. The summed E-state index contributed by atoms with van der Waals surface area (Å²) in [6.07, 6.45) is 5.66. The minimum Gasteiger partial charge on any atom is -0.380 e. The van der Waals surface area contributed by atoms with Crippen LogP contribution in [0.15, 0.2) is 43.0 Å². The van der Waals surface area contributed by atoms with Crippen molar-refractivity contribution in [3.8, 4) is 5.69 Å². The molecule has 2 rings (SSSR count). The molecule has 0 saturated heterocycles. The molecule has 0 saturated carbocycles. The number of anilines is 1. The second-order valence-electron chi connectivity index (χ2n) is 4.39. The maximum Gasteiger partial charge on any atom is 0.0991 e. The highest BCUT2D eigenvalue weighted by molar-refractivity contribution is 5.51. The third-order valence-electron chi connectivity index (χ3n) is 3.12. The maximum absolute atomic E-state index is 5.31. The highest BCUT2D eigenvalue weighted by Crippen LogP contribution is 2.16. The zero-order valence-corrected chi connectivity index (χ0v) is 11.0. The standard InChI is InChI=1S/C14H19N3O/c1-11(12(2)18-3)16-13-5-4-6-14(9-13)17-8-7-15-10-17/h4-12,16H,1-3H3. The van der Waals surface area contributed by atoms with Gasteiger partial charge in [0.1, 0.15) is 0 Å². The molecule has 0 spiro atoms. The smallest absolute Gasteiger partial charge is 0.0991 e. The minimum absolute atomic E-state index is 0.168. The molecule has 0 fully saturated rings. The van der Waals surface area contributed by atoms with E-state index in [-0.39, 0.29) is 12.1 Å². The third kappa shape index (κ3) is 2.90. The molecule has 18 heavy (non-hydrogen) atoms. The summed E-state index contributed by atoms with van der Waals surface area (Å²) in [4.78, 5) is 4.05. The van der Waals surface area contributed by atoms with Crippen molar-refractivity contribution in [2.75, 3.05) is 12.4 Å². The second kappa shape index (κ2) is 5.69. The molecule has 0 amide bonds. The van der Waals surface area contributed by atoms with Crippen molar-refractivity contribution in [2.45, 2.75) is 26.0 Å². The van der Waals surface area contributed by atoms with E-state index >= 15 is 0 Å². The van der Waals surface area contributed by atoms with Crippen molar-refractivity contribution in [3.05, 3.63) is 43.0 Å². The Morgan fingerprint density at radius 3 is 2.83 bits per heavy atom. The molecule has 1 heterocycles. The number of benzene rings is 1. The lowest BCUT2D eigenvalue weighted by molar-refractivity contribution is 0.106. The first kappa shape index (κ1) is 12.6. The van der Waals surface area contributed by atoms with Crippen LogP contribution in [0.1, 0.15) is 13.8 Å². The molecule has 0 aliphatic carbocycles. The number of methoxy groups -OCH3 is 1. The molecule has 0 aliphatic rings. The molecule has 0 radical (unpaired) electrons. The molecular weight excluding hydrogens is 226 g/mol. The summed E-state index contributed by atoms with van der Waals surface area (Å²) in [7, 11) is 1.73. The molecule has 4 nitrogen and oxygen atoms in total. The Labute approximate surface area is 108 Å². The summed E-state index contributed by atoms with van der Waals surface area (Å²) in [5, 5.41) is 3.44. The largest absolute Gasteiger partial charge is 0.380 e. The van der Waals surface area contributed by atoms with Crippen LogP contribution < -0.4 is 5.32 Å². The number of nitrogens with one attached hydrogen (secondary N) is 1. The Kier molecular flexibility index (Phi) is 3.99. The van der Waals surface area contributed by atoms with E-state index in [0.717, 1.165) is 11.4 Å². The van der Waals surface area contributed by atoms with Gasteiger partial charge < -0.3 is 14.6 Å². The van der Waals surface area contributed by atoms with Crippen molar-refractivity contribution < 1.29 is 4.74 Å². The van der Waals surface area contributed by atoms with Crippen LogP contribution in [-0.4, -0.2) is 28.8 Å². The number of aromatic nitrogens is 2. The second-order valence-corrected chi connectivity index (χ2v) is 4.39. The number of nitrogens with zero attached hydrogens (tertiary/aromatic N) is 2. The van der Waals surface area contributed by atoms with E-state index in [4.69, 9.17) is 4.74 Å². The van der Waals surface area contributed by atoms with Gasteiger partial charge in [-0.15, -0.1) is 0 Å². The lowest BCUT2D eigenvalue weighted by atomic mass is 10.2. The van der Waals surface area contributed by atoms with Gasteiger partial charge in [0.05, 0.1) is 12.4 Å². The molecule has 1 N–H and O–H groups in total. The molecule has 0 aliphatic heterocycles. The first-order valence-corrected chi connectivity index (χ1v) is 6.08. The minimum atomic E-state index is 0.168. The summed E-state index contributed by atoms with van der Waals surface area (Å²) in [6.45, 7) is 4.16. The Morgan fingerprint density at radius 2 is 2.17 bits per heavy atom. The highest BCUT2D eigenvalue weighted by Gasteiger charge is 2.10. The zero-order valence-electron chi connectivity index (χ0n) is 11.0. The number of imidazole rings is 1. The molecule has 2 aromatic rings. The molecule has 96 valence electrons. The van der Waals surface area contributed by atoms with Crippen molar-refractivity contribution in [3.63, 3.8) is 0 Å². The first-order valence-electron chi connectivity index (χ1n) is 6.08. The van der Waals surface area contributed by atoms with E-state index in [1.54, 1.807) is 19.6 Å². The van der Waals surface area contributed by atoms with Gasteiger partial charge in [0.15, 0.2) is 0 Å². The summed E-state index contributed by atoms with van der Waals surface area (Å²) in [6, 6.07) is 8.49. The fraction of sp³-hybridized carbons (Fsp3) is 0.357. The lowest BCUT2D eigenvalue weighted by Gasteiger charge is -2.21. The van der Waals surface area contributed by atoms with Gasteiger partial charge in [-0.2, -0.15) is 0 Å². The molecule has 4 heteroatoms. The van der Waals surface area contributed by atoms with Gasteiger partial charge in [0.25, 0.3) is 0 Å². The van der Waals surface area contributed by atoms with Crippen molar-refractivity contribution >= 4 is 5.69 Å². The summed E-state index contributed by atoms with van der Waals surface area (Å²) < 4.78 is 7.29.